The number of carboxylic acids is 1. The van der Waals surface area contributed by atoms with Crippen molar-refractivity contribution in [3.63, 3.8) is 0 Å². The van der Waals surface area contributed by atoms with Gasteiger partial charge < -0.3 is 14.4 Å². The average Bonchev–Trinajstić information content (AvgIpc) is 2.99. The third-order valence-corrected chi connectivity index (χ3v) is 4.90. The van der Waals surface area contributed by atoms with Crippen molar-refractivity contribution in [2.45, 2.75) is 20.8 Å². The molecular weight excluding hydrogens is 368 g/mol. The molecule has 0 bridgehead atoms. The fourth-order valence-electron chi connectivity index (χ4n) is 3.31. The summed E-state index contributed by atoms with van der Waals surface area (Å²) in [5.74, 6) is -1.34. The third-order valence-electron chi connectivity index (χ3n) is 4.90. The predicted octanol–water partition coefficient (Wildman–Crippen LogP) is 4.64. The topological polar surface area (TPSA) is 80.9 Å². The Morgan fingerprint density at radius 3 is 2.38 bits per heavy atom. The Balaban J connectivity index is 1.94. The van der Waals surface area contributed by atoms with Crippen molar-refractivity contribution in [1.82, 2.24) is 4.57 Å². The predicted molar refractivity (Wildman–Crippen MR) is 112 cm³/mol. The van der Waals surface area contributed by atoms with Crippen LogP contribution in [0.5, 0.6) is 0 Å². The van der Waals surface area contributed by atoms with Crippen molar-refractivity contribution in [3.05, 3.63) is 82.2 Å². The lowest BCUT2D eigenvalue weighted by Gasteiger charge is -2.10. The summed E-state index contributed by atoms with van der Waals surface area (Å²) in [6.07, 6.45) is 1.75. The van der Waals surface area contributed by atoms with Crippen LogP contribution in [0.2, 0.25) is 0 Å². The average molecular weight is 390 g/mol. The fraction of sp³-hybridized carbons (Fsp3) is 0.174. The van der Waals surface area contributed by atoms with E-state index in [1.807, 2.05) is 32.0 Å². The molecule has 0 aliphatic heterocycles. The van der Waals surface area contributed by atoms with E-state index in [1.165, 1.54) is 7.11 Å². The summed E-state index contributed by atoms with van der Waals surface area (Å²) >= 11 is 0. The third kappa shape index (κ3) is 3.96. The molecule has 1 N–H and O–H groups in total. The highest BCUT2D eigenvalue weighted by atomic mass is 16.5. The van der Waals surface area contributed by atoms with Gasteiger partial charge in [-0.15, -0.1) is 0 Å². The number of nitrogens with zero attached hydrogens (tertiary/aromatic N) is 2. The summed E-state index contributed by atoms with van der Waals surface area (Å²) in [5.41, 5.74) is 5.86. The molecule has 29 heavy (non-hydrogen) atoms. The molecule has 0 unspecified atom stereocenters. The van der Waals surface area contributed by atoms with Gasteiger partial charge in [0.1, 0.15) is 0 Å². The molecule has 6 nitrogen and oxygen atoms in total. The number of carbonyl (C=O) groups is 2. The number of hydrogen-bond acceptors (Lipinski definition) is 4. The molecule has 0 aliphatic carbocycles. The molecule has 1 aromatic heterocycles. The van der Waals surface area contributed by atoms with Crippen molar-refractivity contribution in [3.8, 4) is 5.69 Å². The minimum absolute atomic E-state index is 0.246. The van der Waals surface area contributed by atoms with E-state index in [0.29, 0.717) is 16.8 Å². The molecule has 0 spiro atoms. The number of ether oxygens (including phenoxy) is 1. The highest BCUT2D eigenvalue weighted by Crippen LogP contribution is 2.24. The standard InChI is InChI=1S/C23H22N2O4/c1-14-12-18(13-24-21-7-5-6-20(15(21)2)22(26)27)16(3)25(14)19-10-8-17(9-11-19)23(28)29-4/h5-13H,1-4H3,(H,26,27). The zero-order chi connectivity index (χ0) is 21.1. The summed E-state index contributed by atoms with van der Waals surface area (Å²) in [4.78, 5) is 27.5. The van der Waals surface area contributed by atoms with Crippen LogP contribution in [0.25, 0.3) is 5.69 Å². The Morgan fingerprint density at radius 1 is 1.07 bits per heavy atom. The van der Waals surface area contributed by atoms with Gasteiger partial charge in [0.05, 0.1) is 23.9 Å². The summed E-state index contributed by atoms with van der Waals surface area (Å²) in [6.45, 7) is 5.74. The monoisotopic (exact) mass is 390 g/mol. The van der Waals surface area contributed by atoms with Gasteiger partial charge in [0.15, 0.2) is 0 Å². The summed E-state index contributed by atoms with van der Waals surface area (Å²) in [7, 11) is 1.36. The van der Waals surface area contributed by atoms with Crippen LogP contribution in [0.15, 0.2) is 53.5 Å². The van der Waals surface area contributed by atoms with E-state index in [0.717, 1.165) is 22.6 Å². The first-order valence-corrected chi connectivity index (χ1v) is 9.08. The van der Waals surface area contributed by atoms with Crippen molar-refractivity contribution >= 4 is 23.8 Å². The van der Waals surface area contributed by atoms with Crippen molar-refractivity contribution in [1.29, 1.82) is 0 Å². The first-order chi connectivity index (χ1) is 13.8. The number of aromatic carboxylic acids is 1. The van der Waals surface area contributed by atoms with Crippen LogP contribution in [-0.2, 0) is 4.74 Å². The van der Waals surface area contributed by atoms with E-state index in [2.05, 4.69) is 9.56 Å². The van der Waals surface area contributed by atoms with Crippen LogP contribution in [-0.4, -0.2) is 34.9 Å². The van der Waals surface area contributed by atoms with E-state index in [-0.39, 0.29) is 11.5 Å². The van der Waals surface area contributed by atoms with E-state index in [4.69, 9.17) is 4.74 Å². The second-order valence-corrected chi connectivity index (χ2v) is 6.71. The number of carboxylic acid groups (broad SMARTS) is 1. The first-order valence-electron chi connectivity index (χ1n) is 9.08. The molecule has 0 aliphatic rings. The number of aliphatic imine (C=N–C) groups is 1. The van der Waals surface area contributed by atoms with Crippen LogP contribution >= 0.6 is 0 Å². The number of carbonyl (C=O) groups excluding carboxylic acids is 1. The SMILES string of the molecule is COC(=O)c1ccc(-n2c(C)cc(C=Nc3cccc(C(=O)O)c3C)c2C)cc1. The maximum absolute atomic E-state index is 11.6. The minimum Gasteiger partial charge on any atom is -0.478 e. The van der Waals surface area contributed by atoms with Gasteiger partial charge in [-0.05, 0) is 68.8 Å². The van der Waals surface area contributed by atoms with Crippen LogP contribution in [0, 0.1) is 20.8 Å². The second-order valence-electron chi connectivity index (χ2n) is 6.71. The molecule has 0 atom stereocenters. The summed E-state index contributed by atoms with van der Waals surface area (Å²) < 4.78 is 6.81. The second kappa shape index (κ2) is 8.14. The zero-order valence-corrected chi connectivity index (χ0v) is 16.8. The minimum atomic E-state index is -0.965. The van der Waals surface area contributed by atoms with Gasteiger partial charge in [-0.25, -0.2) is 9.59 Å². The normalized spacial score (nSPS) is 11.0. The van der Waals surface area contributed by atoms with Gasteiger partial charge >= 0.3 is 11.9 Å². The van der Waals surface area contributed by atoms with Crippen LogP contribution < -0.4 is 0 Å². The Kier molecular flexibility index (Phi) is 5.64. The smallest absolute Gasteiger partial charge is 0.337 e. The van der Waals surface area contributed by atoms with Gasteiger partial charge in [0.2, 0.25) is 0 Å². The molecule has 6 heteroatoms. The van der Waals surface area contributed by atoms with Crippen LogP contribution in [0.4, 0.5) is 5.69 Å². The maximum Gasteiger partial charge on any atom is 0.337 e. The number of rotatable bonds is 5. The molecule has 2 aromatic carbocycles. The number of methoxy groups -OCH3 is 1. The van der Waals surface area contributed by atoms with Crippen molar-refractivity contribution < 1.29 is 19.4 Å². The number of benzene rings is 2. The lowest BCUT2D eigenvalue weighted by atomic mass is 10.1. The Hall–Kier alpha value is -3.67. The lowest BCUT2D eigenvalue weighted by Crippen LogP contribution is -2.03. The Labute approximate surface area is 169 Å². The van der Waals surface area contributed by atoms with E-state index < -0.39 is 5.97 Å². The Bertz CT molecular complexity index is 1110. The quantitative estimate of drug-likeness (QED) is 0.508. The molecule has 0 fully saturated rings. The fourth-order valence-corrected chi connectivity index (χ4v) is 3.31. The largest absolute Gasteiger partial charge is 0.478 e. The van der Waals surface area contributed by atoms with Crippen LogP contribution in [0.1, 0.15) is 43.2 Å². The molecule has 3 aromatic rings. The van der Waals surface area contributed by atoms with Gasteiger partial charge in [-0.3, -0.25) is 4.99 Å². The van der Waals surface area contributed by atoms with Crippen molar-refractivity contribution in [2.75, 3.05) is 7.11 Å². The van der Waals surface area contributed by atoms with E-state index in [9.17, 15) is 14.7 Å². The Morgan fingerprint density at radius 2 is 1.76 bits per heavy atom. The lowest BCUT2D eigenvalue weighted by molar-refractivity contribution is 0.0599. The highest BCUT2D eigenvalue weighted by Gasteiger charge is 2.12. The van der Waals surface area contributed by atoms with Gasteiger partial charge in [0.25, 0.3) is 0 Å². The molecule has 0 saturated heterocycles. The first kappa shape index (κ1) is 20.1. The van der Waals surface area contributed by atoms with E-state index >= 15 is 0 Å². The molecule has 148 valence electrons. The number of esters is 1. The molecule has 1 heterocycles. The molecule has 0 amide bonds. The van der Waals surface area contributed by atoms with E-state index in [1.54, 1.807) is 43.5 Å². The molecule has 0 radical (unpaired) electrons. The van der Waals surface area contributed by atoms with Gasteiger partial charge in [-0.1, -0.05) is 6.07 Å². The van der Waals surface area contributed by atoms with Crippen LogP contribution in [0.3, 0.4) is 0 Å². The highest BCUT2D eigenvalue weighted by molar-refractivity contribution is 5.92. The molecule has 0 saturated carbocycles. The molecular formula is C23H22N2O4. The summed E-state index contributed by atoms with van der Waals surface area (Å²) in [6, 6.07) is 14.3. The number of aromatic nitrogens is 1. The van der Waals surface area contributed by atoms with Crippen molar-refractivity contribution in [2.24, 2.45) is 4.99 Å². The zero-order valence-electron chi connectivity index (χ0n) is 16.8. The van der Waals surface area contributed by atoms with Gasteiger partial charge in [0, 0.05) is 28.9 Å². The van der Waals surface area contributed by atoms with Gasteiger partial charge in [-0.2, -0.15) is 0 Å². The molecule has 3 rings (SSSR count). The summed E-state index contributed by atoms with van der Waals surface area (Å²) in [5, 5.41) is 9.27. The number of aryl methyl sites for hydroxylation is 1. The maximum atomic E-state index is 11.6. The number of hydrogen-bond donors (Lipinski definition) is 1.